The first-order chi connectivity index (χ1) is 13.1. The molecule has 1 aliphatic rings. The molecule has 2 aromatic rings. The average molecular weight is 427 g/mol. The van der Waals surface area contributed by atoms with Gasteiger partial charge in [-0.05, 0) is 31.5 Å². The van der Waals surface area contributed by atoms with Crippen LogP contribution in [0.3, 0.4) is 0 Å². The third kappa shape index (κ3) is 3.38. The van der Waals surface area contributed by atoms with Crippen LogP contribution in [-0.2, 0) is 24.1 Å². The number of piperazine rings is 1. The molecule has 10 heteroatoms. The van der Waals surface area contributed by atoms with E-state index in [1.54, 1.807) is 0 Å². The summed E-state index contributed by atoms with van der Waals surface area (Å²) in [7, 11) is -1.29. The molecular weight excluding hydrogens is 404 g/mol. The lowest BCUT2D eigenvalue weighted by atomic mass is 10.1. The molecule has 0 saturated carbocycles. The van der Waals surface area contributed by atoms with Crippen molar-refractivity contribution in [2.24, 2.45) is 14.1 Å². The molecule has 1 aromatic carbocycles. The topological polar surface area (TPSA) is 84.6 Å². The first kappa shape index (κ1) is 20.6. The van der Waals surface area contributed by atoms with Gasteiger partial charge in [-0.15, -0.1) is 0 Å². The first-order valence-corrected chi connectivity index (χ1v) is 10.7. The third-order valence-corrected chi connectivity index (χ3v) is 7.52. The van der Waals surface area contributed by atoms with Crippen LogP contribution in [0, 0.1) is 13.8 Å². The van der Waals surface area contributed by atoms with Gasteiger partial charge in [0, 0.05) is 56.7 Å². The Labute approximate surface area is 168 Å². The lowest BCUT2D eigenvalue weighted by Gasteiger charge is -2.36. The van der Waals surface area contributed by atoms with Gasteiger partial charge in [-0.3, -0.25) is 13.9 Å². The molecule has 1 saturated heterocycles. The molecule has 152 valence electrons. The largest absolute Gasteiger partial charge is 0.369 e. The predicted molar refractivity (Wildman–Crippen MR) is 109 cm³/mol. The summed E-state index contributed by atoms with van der Waals surface area (Å²) < 4.78 is 29.6. The van der Waals surface area contributed by atoms with E-state index in [0.717, 1.165) is 15.8 Å². The maximum Gasteiger partial charge on any atom is 0.330 e. The molecule has 0 bridgehead atoms. The molecular formula is C18H23ClN4O4S. The number of nitrogens with zero attached hydrogens (tertiary/aromatic N) is 4. The summed E-state index contributed by atoms with van der Waals surface area (Å²) in [6, 6.07) is 5.62. The van der Waals surface area contributed by atoms with E-state index < -0.39 is 21.3 Å². The summed E-state index contributed by atoms with van der Waals surface area (Å²) in [6.45, 7) is 4.88. The Kier molecular flexibility index (Phi) is 5.44. The van der Waals surface area contributed by atoms with Gasteiger partial charge >= 0.3 is 5.69 Å². The van der Waals surface area contributed by atoms with Crippen LogP contribution in [0.2, 0.25) is 5.02 Å². The third-order valence-electron chi connectivity index (χ3n) is 5.25. The molecule has 1 fully saturated rings. The van der Waals surface area contributed by atoms with Gasteiger partial charge in [-0.1, -0.05) is 17.7 Å². The van der Waals surface area contributed by atoms with E-state index in [4.69, 9.17) is 11.6 Å². The Bertz CT molecular complexity index is 1150. The Morgan fingerprint density at radius 1 is 0.964 bits per heavy atom. The second kappa shape index (κ2) is 7.38. The molecule has 0 aliphatic carbocycles. The number of benzene rings is 1. The zero-order valence-corrected chi connectivity index (χ0v) is 17.8. The molecule has 0 unspecified atom stereocenters. The highest BCUT2D eigenvalue weighted by Gasteiger charge is 2.33. The average Bonchev–Trinajstić information content (AvgIpc) is 2.67. The molecule has 8 nitrogen and oxygen atoms in total. The van der Waals surface area contributed by atoms with Gasteiger partial charge in [0.25, 0.3) is 5.56 Å². The van der Waals surface area contributed by atoms with Gasteiger partial charge < -0.3 is 4.90 Å². The number of rotatable bonds is 3. The second-order valence-corrected chi connectivity index (χ2v) is 9.25. The maximum absolute atomic E-state index is 13.2. The van der Waals surface area contributed by atoms with Gasteiger partial charge in [0.1, 0.15) is 0 Å². The van der Waals surface area contributed by atoms with Crippen molar-refractivity contribution in [2.45, 2.75) is 18.7 Å². The molecule has 0 N–H and O–H groups in total. The molecule has 0 radical (unpaired) electrons. The first-order valence-electron chi connectivity index (χ1n) is 8.83. The maximum atomic E-state index is 13.2. The standard InChI is InChI=1S/C18H23ClN4O4S/c1-12-5-6-14(19)11-15(12)22-7-9-23(10-8-22)28(26,27)16-13(2)20(3)18(25)21(4)17(16)24/h5-6,11H,7-10H2,1-4H3. The van der Waals surface area contributed by atoms with E-state index in [-0.39, 0.29) is 23.7 Å². The molecule has 0 spiro atoms. The Morgan fingerprint density at radius 3 is 2.18 bits per heavy atom. The monoisotopic (exact) mass is 426 g/mol. The summed E-state index contributed by atoms with van der Waals surface area (Å²) in [4.78, 5) is 26.3. The van der Waals surface area contributed by atoms with Crippen molar-refractivity contribution >= 4 is 27.3 Å². The summed E-state index contributed by atoms with van der Waals surface area (Å²) >= 11 is 6.10. The van der Waals surface area contributed by atoms with Gasteiger partial charge in [0.2, 0.25) is 10.0 Å². The molecule has 1 aromatic heterocycles. The van der Waals surface area contributed by atoms with E-state index in [0.29, 0.717) is 18.1 Å². The van der Waals surface area contributed by atoms with Crippen molar-refractivity contribution in [1.29, 1.82) is 0 Å². The van der Waals surface area contributed by atoms with E-state index in [1.807, 2.05) is 25.1 Å². The van der Waals surface area contributed by atoms with Crippen LogP contribution in [0.1, 0.15) is 11.3 Å². The summed E-state index contributed by atoms with van der Waals surface area (Å²) in [5.74, 6) is 0. The van der Waals surface area contributed by atoms with Crippen molar-refractivity contribution in [3.8, 4) is 0 Å². The SMILES string of the molecule is Cc1ccc(Cl)cc1N1CCN(S(=O)(=O)c2c(C)n(C)c(=O)n(C)c2=O)CC1. The highest BCUT2D eigenvalue weighted by atomic mass is 35.5. The molecule has 28 heavy (non-hydrogen) atoms. The van der Waals surface area contributed by atoms with E-state index in [1.165, 1.54) is 29.9 Å². The molecule has 2 heterocycles. The summed E-state index contributed by atoms with van der Waals surface area (Å²) in [6.07, 6.45) is 0. The number of aromatic nitrogens is 2. The van der Waals surface area contributed by atoms with E-state index >= 15 is 0 Å². The lowest BCUT2D eigenvalue weighted by Crippen LogP contribution is -2.51. The minimum atomic E-state index is -4.02. The van der Waals surface area contributed by atoms with Crippen LogP contribution in [0.25, 0.3) is 0 Å². The quantitative estimate of drug-likeness (QED) is 0.727. The van der Waals surface area contributed by atoms with Crippen LogP contribution in [0.15, 0.2) is 32.7 Å². The van der Waals surface area contributed by atoms with Crippen molar-refractivity contribution in [3.63, 3.8) is 0 Å². The number of sulfonamides is 1. The Balaban J connectivity index is 1.92. The number of aryl methyl sites for hydroxylation is 1. The highest BCUT2D eigenvalue weighted by Crippen LogP contribution is 2.26. The van der Waals surface area contributed by atoms with Gasteiger partial charge in [-0.2, -0.15) is 4.31 Å². The van der Waals surface area contributed by atoms with Crippen LogP contribution >= 0.6 is 11.6 Å². The Hall–Kier alpha value is -2.10. The zero-order valence-electron chi connectivity index (χ0n) is 16.3. The van der Waals surface area contributed by atoms with Crippen LogP contribution in [-0.4, -0.2) is 48.0 Å². The zero-order chi connectivity index (χ0) is 20.8. The van der Waals surface area contributed by atoms with Crippen LogP contribution < -0.4 is 16.1 Å². The number of hydrogen-bond donors (Lipinski definition) is 0. The number of halogens is 1. The second-order valence-electron chi connectivity index (χ2n) is 6.94. The summed E-state index contributed by atoms with van der Waals surface area (Å²) in [5.41, 5.74) is 0.819. The minimum absolute atomic E-state index is 0.140. The predicted octanol–water partition coefficient (Wildman–Crippen LogP) is 0.865. The van der Waals surface area contributed by atoms with Gasteiger partial charge in [-0.25, -0.2) is 13.2 Å². The van der Waals surface area contributed by atoms with E-state index in [2.05, 4.69) is 4.90 Å². The Morgan fingerprint density at radius 2 is 1.57 bits per heavy atom. The molecule has 1 aliphatic heterocycles. The van der Waals surface area contributed by atoms with E-state index in [9.17, 15) is 18.0 Å². The molecule has 3 rings (SSSR count). The van der Waals surface area contributed by atoms with Crippen LogP contribution in [0.4, 0.5) is 5.69 Å². The van der Waals surface area contributed by atoms with Crippen LogP contribution in [0.5, 0.6) is 0 Å². The fraction of sp³-hybridized carbons (Fsp3) is 0.444. The van der Waals surface area contributed by atoms with Crippen molar-refractivity contribution < 1.29 is 8.42 Å². The minimum Gasteiger partial charge on any atom is -0.369 e. The van der Waals surface area contributed by atoms with Crippen molar-refractivity contribution in [3.05, 3.63) is 55.3 Å². The number of anilines is 1. The highest BCUT2D eigenvalue weighted by molar-refractivity contribution is 7.89. The summed E-state index contributed by atoms with van der Waals surface area (Å²) in [5, 5.41) is 0.625. The smallest absolute Gasteiger partial charge is 0.330 e. The van der Waals surface area contributed by atoms with Gasteiger partial charge in [0.15, 0.2) is 4.90 Å². The molecule has 0 amide bonds. The van der Waals surface area contributed by atoms with Crippen molar-refractivity contribution in [1.82, 2.24) is 13.4 Å². The lowest BCUT2D eigenvalue weighted by molar-refractivity contribution is 0.382. The van der Waals surface area contributed by atoms with Crippen molar-refractivity contribution in [2.75, 3.05) is 31.1 Å². The molecule has 0 atom stereocenters. The number of hydrogen-bond acceptors (Lipinski definition) is 5. The fourth-order valence-electron chi connectivity index (χ4n) is 3.43. The van der Waals surface area contributed by atoms with Gasteiger partial charge in [0.05, 0.1) is 0 Å². The fourth-order valence-corrected chi connectivity index (χ4v) is 5.37. The normalized spacial score (nSPS) is 15.8.